The number of benzene rings is 6. The second-order valence-corrected chi connectivity index (χ2v) is 13.1. The van der Waals surface area contributed by atoms with Gasteiger partial charge in [0.2, 0.25) is 0 Å². The fourth-order valence-corrected chi connectivity index (χ4v) is 8.00. The van der Waals surface area contributed by atoms with Crippen LogP contribution in [-0.2, 0) is 5.41 Å². The first-order valence-electron chi connectivity index (χ1n) is 17.4. The predicted molar refractivity (Wildman–Crippen MR) is 207 cm³/mol. The Hall–Kier alpha value is -6.36. The Morgan fingerprint density at radius 2 is 1.20 bits per heavy atom. The maximum absolute atomic E-state index is 3.55. The van der Waals surface area contributed by atoms with Gasteiger partial charge in [-0.15, -0.1) is 0 Å². The summed E-state index contributed by atoms with van der Waals surface area (Å²) in [5.41, 5.74) is 13.9. The van der Waals surface area contributed by atoms with Gasteiger partial charge in [0, 0.05) is 28.5 Å². The highest BCUT2D eigenvalue weighted by Gasteiger charge is 2.46. The molecule has 9 rings (SSSR count). The van der Waals surface area contributed by atoms with E-state index in [4.69, 9.17) is 0 Å². The minimum atomic E-state index is -0.547. The van der Waals surface area contributed by atoms with Gasteiger partial charge in [0.05, 0.1) is 5.41 Å². The molecular formula is C49H35N. The molecule has 0 fully saturated rings. The number of fused-ring (bicyclic) bond motifs is 3. The summed E-state index contributed by atoms with van der Waals surface area (Å²) in [6, 6.07) is 68.5. The number of rotatable bonds is 7. The van der Waals surface area contributed by atoms with Gasteiger partial charge in [0.1, 0.15) is 0 Å². The molecule has 236 valence electrons. The number of nitrogens with zero attached hydrogens (tertiary/aromatic N) is 1. The highest BCUT2D eigenvalue weighted by Crippen LogP contribution is 2.57. The maximum Gasteiger partial charge on any atom is 0.0793 e. The quantitative estimate of drug-likeness (QED) is 0.168. The lowest BCUT2D eigenvalue weighted by molar-refractivity contribution is 0.769. The van der Waals surface area contributed by atoms with Gasteiger partial charge < -0.3 is 4.90 Å². The Bertz CT molecular complexity index is 2280. The molecule has 7 aromatic carbocycles. The lowest BCUT2D eigenvalue weighted by Gasteiger charge is -2.33. The fourth-order valence-electron chi connectivity index (χ4n) is 8.00. The Balaban J connectivity index is 1.24. The molecule has 2 atom stereocenters. The zero-order valence-corrected chi connectivity index (χ0v) is 27.7. The second-order valence-electron chi connectivity index (χ2n) is 13.1. The smallest absolute Gasteiger partial charge is 0.0793 e. The van der Waals surface area contributed by atoms with Crippen LogP contribution in [0.1, 0.15) is 40.2 Å². The van der Waals surface area contributed by atoms with Gasteiger partial charge in [0.15, 0.2) is 0 Å². The Morgan fingerprint density at radius 3 is 1.92 bits per heavy atom. The fraction of sp³-hybridized carbons (Fsp3) is 0.0612. The zero-order valence-electron chi connectivity index (χ0n) is 27.7. The van der Waals surface area contributed by atoms with Crippen LogP contribution in [-0.4, -0.2) is 0 Å². The van der Waals surface area contributed by atoms with E-state index in [1.165, 1.54) is 44.5 Å². The molecule has 0 aliphatic heterocycles. The molecule has 7 aromatic rings. The first-order valence-corrected chi connectivity index (χ1v) is 17.4. The van der Waals surface area contributed by atoms with E-state index in [0.29, 0.717) is 5.92 Å². The van der Waals surface area contributed by atoms with Crippen molar-refractivity contribution in [2.75, 3.05) is 4.90 Å². The van der Waals surface area contributed by atoms with E-state index in [1.807, 2.05) is 6.07 Å². The predicted octanol–water partition coefficient (Wildman–Crippen LogP) is 12.4. The van der Waals surface area contributed by atoms with Gasteiger partial charge in [0.25, 0.3) is 0 Å². The lowest BCUT2D eigenvalue weighted by atomic mass is 9.68. The van der Waals surface area contributed by atoms with E-state index >= 15 is 0 Å². The molecule has 2 aliphatic rings. The molecular weight excluding hydrogens is 603 g/mol. The summed E-state index contributed by atoms with van der Waals surface area (Å²) in [5.74, 6) is 0.400. The first kappa shape index (κ1) is 29.8. The SMILES string of the molecule is c1cccc(C2(c3ccccc3)c3ccccc3-c3ccc(N(c4ccc(-c5ccccc5)cc4)c4ccc(C5C=CC=CC5)cc4)cc32)c#1. The topological polar surface area (TPSA) is 3.24 Å². The Morgan fingerprint density at radius 1 is 0.540 bits per heavy atom. The van der Waals surface area contributed by atoms with E-state index in [0.717, 1.165) is 29.0 Å². The summed E-state index contributed by atoms with van der Waals surface area (Å²) in [7, 11) is 0. The molecule has 2 aliphatic carbocycles. The molecule has 50 heavy (non-hydrogen) atoms. The van der Waals surface area contributed by atoms with E-state index in [-0.39, 0.29) is 0 Å². The monoisotopic (exact) mass is 637 g/mol. The largest absolute Gasteiger partial charge is 0.310 e. The van der Waals surface area contributed by atoms with Crippen molar-refractivity contribution in [2.24, 2.45) is 0 Å². The number of hydrogen-bond donors (Lipinski definition) is 0. The van der Waals surface area contributed by atoms with E-state index in [2.05, 4.69) is 205 Å². The molecule has 0 saturated heterocycles. The third-order valence-electron chi connectivity index (χ3n) is 10.3. The van der Waals surface area contributed by atoms with Crippen LogP contribution in [0.3, 0.4) is 0 Å². The van der Waals surface area contributed by atoms with Crippen molar-refractivity contribution in [1.82, 2.24) is 0 Å². The zero-order chi connectivity index (χ0) is 33.3. The summed E-state index contributed by atoms with van der Waals surface area (Å²) < 4.78 is 0. The molecule has 0 radical (unpaired) electrons. The van der Waals surface area contributed by atoms with Crippen LogP contribution in [0.25, 0.3) is 22.3 Å². The molecule has 0 N–H and O–H groups in total. The summed E-state index contributed by atoms with van der Waals surface area (Å²) in [5, 5.41) is 0. The molecule has 2 unspecified atom stereocenters. The molecule has 1 heteroatoms. The van der Waals surface area contributed by atoms with E-state index < -0.39 is 5.41 Å². The third-order valence-corrected chi connectivity index (χ3v) is 10.3. The van der Waals surface area contributed by atoms with Crippen molar-refractivity contribution in [1.29, 1.82) is 0 Å². The molecule has 0 spiro atoms. The number of hydrogen-bond acceptors (Lipinski definition) is 1. The minimum Gasteiger partial charge on any atom is -0.310 e. The summed E-state index contributed by atoms with van der Waals surface area (Å²) in [6.45, 7) is 0. The van der Waals surface area contributed by atoms with Crippen LogP contribution in [0.4, 0.5) is 17.1 Å². The molecule has 0 aromatic heterocycles. The normalized spacial score (nSPS) is 15.2. The van der Waals surface area contributed by atoms with Gasteiger partial charge in [-0.2, -0.15) is 0 Å². The molecule has 0 saturated carbocycles. The molecule has 1 nitrogen and oxygen atoms in total. The highest BCUT2D eigenvalue weighted by atomic mass is 15.1. The van der Waals surface area contributed by atoms with Crippen LogP contribution in [0, 0.1) is 12.1 Å². The van der Waals surface area contributed by atoms with Gasteiger partial charge in [-0.05, 0) is 99.5 Å². The maximum atomic E-state index is 3.55. The average Bonchev–Trinajstić information content (AvgIpc) is 3.50. The van der Waals surface area contributed by atoms with Crippen LogP contribution >= 0.6 is 0 Å². The van der Waals surface area contributed by atoms with Crippen molar-refractivity contribution in [2.45, 2.75) is 17.8 Å². The summed E-state index contributed by atoms with van der Waals surface area (Å²) in [4.78, 5) is 2.40. The Kier molecular flexibility index (Phi) is 7.49. The average molecular weight is 638 g/mol. The summed E-state index contributed by atoms with van der Waals surface area (Å²) >= 11 is 0. The highest BCUT2D eigenvalue weighted by molar-refractivity contribution is 5.89. The van der Waals surface area contributed by atoms with Gasteiger partial charge in [-0.3, -0.25) is 0 Å². The standard InChI is InChI=1S/C49H35N/c1-5-15-36(16-6-1)38-25-29-42(30-26-38)50(43-31-27-39(28-32-43)37-17-7-2-8-18-37)44-33-34-46-45-23-13-14-24-47(45)49(48(46)35-44,40-19-9-3-10-20-40)41-21-11-4-12-22-41/h1-11,13-17,19-21,23-35,37H,18H2. The molecule has 0 bridgehead atoms. The minimum absolute atomic E-state index is 0.400. The van der Waals surface area contributed by atoms with Gasteiger partial charge in [-0.25, -0.2) is 0 Å². The van der Waals surface area contributed by atoms with Crippen LogP contribution in [0.2, 0.25) is 0 Å². The van der Waals surface area contributed by atoms with Gasteiger partial charge >= 0.3 is 0 Å². The molecule has 0 amide bonds. The van der Waals surface area contributed by atoms with Crippen molar-refractivity contribution in [3.8, 4) is 22.3 Å². The van der Waals surface area contributed by atoms with E-state index in [9.17, 15) is 0 Å². The Labute approximate surface area is 295 Å². The van der Waals surface area contributed by atoms with Crippen LogP contribution < -0.4 is 4.90 Å². The van der Waals surface area contributed by atoms with Crippen LogP contribution in [0.5, 0.6) is 0 Å². The van der Waals surface area contributed by atoms with Crippen LogP contribution in [0.15, 0.2) is 194 Å². The van der Waals surface area contributed by atoms with Crippen molar-refractivity contribution >= 4 is 17.1 Å². The number of anilines is 3. The van der Waals surface area contributed by atoms with Crippen molar-refractivity contribution in [3.63, 3.8) is 0 Å². The second kappa shape index (κ2) is 12.6. The number of allylic oxidation sites excluding steroid dienone is 4. The molecule has 0 heterocycles. The third kappa shape index (κ3) is 4.97. The lowest BCUT2D eigenvalue weighted by Crippen LogP contribution is -2.28. The van der Waals surface area contributed by atoms with Crippen molar-refractivity contribution in [3.05, 3.63) is 234 Å². The summed E-state index contributed by atoms with van der Waals surface area (Å²) in [6.07, 6.45) is 9.88. The van der Waals surface area contributed by atoms with E-state index in [1.54, 1.807) is 0 Å². The van der Waals surface area contributed by atoms with Crippen molar-refractivity contribution < 1.29 is 0 Å². The van der Waals surface area contributed by atoms with Gasteiger partial charge in [-0.1, -0.05) is 158 Å². The first-order chi connectivity index (χ1) is 24.8.